The number of rotatable bonds is 7. The van der Waals surface area contributed by atoms with Crippen LogP contribution >= 0.6 is 7.82 Å². The monoisotopic (exact) mass is 350 g/mol. The number of aromatic nitrogens is 1. The van der Waals surface area contributed by atoms with Gasteiger partial charge in [0, 0.05) is 23.5 Å². The van der Waals surface area contributed by atoms with Crippen LogP contribution in [0.25, 0.3) is 0 Å². The number of nitrogens with zero attached hydrogens (tertiary/aromatic N) is 2. The van der Waals surface area contributed by atoms with Gasteiger partial charge >= 0.3 is 13.8 Å². The number of alkyl halides is 1. The fourth-order valence-electron chi connectivity index (χ4n) is 1.60. The number of phosphoric acid groups is 1. The highest BCUT2D eigenvalue weighted by Gasteiger charge is 2.23. The lowest BCUT2D eigenvalue weighted by molar-refractivity contribution is -0.139. The smallest absolute Gasteiger partial charge is 0.469 e. The molecule has 1 aromatic heterocycles. The van der Waals surface area contributed by atoms with Crippen molar-refractivity contribution in [3.05, 3.63) is 23.0 Å². The summed E-state index contributed by atoms with van der Waals surface area (Å²) in [5.74, 6) is -1.87. The van der Waals surface area contributed by atoms with E-state index in [2.05, 4.69) is 14.5 Å². The first kappa shape index (κ1) is 19.2. The molecule has 2 atom stereocenters. The molecule has 0 radical (unpaired) electrons. The molecule has 23 heavy (non-hydrogen) atoms. The van der Waals surface area contributed by atoms with Crippen LogP contribution < -0.4 is 0 Å². The molecule has 0 aliphatic heterocycles. The van der Waals surface area contributed by atoms with Gasteiger partial charge in [-0.2, -0.15) is 0 Å². The number of hydrogen-bond acceptors (Lipinski definition) is 6. The molecule has 0 fully saturated rings. The number of phosphoric ester groups is 1. The van der Waals surface area contributed by atoms with Crippen molar-refractivity contribution in [3.63, 3.8) is 0 Å². The van der Waals surface area contributed by atoms with Crippen molar-refractivity contribution >= 4 is 20.0 Å². The SMILES string of the molecule is Cc1ncc(COP(=O)(O)O)c(C=NC(C(=O)O)C(C)F)c1O. The number of carbonyl (C=O) groups is 1. The summed E-state index contributed by atoms with van der Waals surface area (Å²) < 4.78 is 28.3. The van der Waals surface area contributed by atoms with Crippen molar-refractivity contribution in [2.75, 3.05) is 0 Å². The Morgan fingerprint density at radius 2 is 2.17 bits per heavy atom. The molecule has 0 amide bonds. The molecular formula is C12H16FN2O7P. The normalized spacial score (nSPS) is 14.8. The van der Waals surface area contributed by atoms with E-state index in [1.807, 2.05) is 0 Å². The van der Waals surface area contributed by atoms with Crippen LogP contribution in [-0.4, -0.2) is 49.4 Å². The maximum Gasteiger partial charge on any atom is 0.469 e. The maximum atomic E-state index is 13.2. The summed E-state index contributed by atoms with van der Waals surface area (Å²) in [6, 6.07) is -1.68. The molecule has 4 N–H and O–H groups in total. The predicted octanol–water partition coefficient (Wildman–Crippen LogP) is 0.935. The molecule has 9 nitrogen and oxygen atoms in total. The Labute approximate surface area is 130 Å². The standard InChI is InChI=1S/C12H16FN2O7P/c1-6(13)10(12(17)18)15-4-9-8(5-22-23(19,20)21)3-14-7(2)11(9)16/h3-4,6,10,16H,5H2,1-2H3,(H,17,18)(H2,19,20,21). The molecule has 1 aromatic rings. The summed E-state index contributed by atoms with van der Waals surface area (Å²) >= 11 is 0. The van der Waals surface area contributed by atoms with Gasteiger partial charge in [0.05, 0.1) is 12.3 Å². The van der Waals surface area contributed by atoms with E-state index in [1.165, 1.54) is 13.1 Å². The second-order valence-electron chi connectivity index (χ2n) is 4.63. The highest BCUT2D eigenvalue weighted by atomic mass is 31.2. The Morgan fingerprint density at radius 3 is 2.65 bits per heavy atom. The zero-order valence-electron chi connectivity index (χ0n) is 12.2. The Morgan fingerprint density at radius 1 is 1.57 bits per heavy atom. The summed E-state index contributed by atoms with van der Waals surface area (Å²) in [5.41, 5.74) is 0.167. The highest BCUT2D eigenvalue weighted by Crippen LogP contribution is 2.37. The molecule has 0 saturated carbocycles. The molecule has 11 heteroatoms. The van der Waals surface area contributed by atoms with Crippen LogP contribution in [0.4, 0.5) is 4.39 Å². The number of hydrogen-bond donors (Lipinski definition) is 4. The summed E-state index contributed by atoms with van der Waals surface area (Å²) in [6.07, 6.45) is 0.321. The number of aromatic hydroxyl groups is 1. The molecule has 0 aliphatic carbocycles. The predicted molar refractivity (Wildman–Crippen MR) is 77.1 cm³/mol. The molecule has 128 valence electrons. The van der Waals surface area contributed by atoms with Gasteiger partial charge in [-0.25, -0.2) is 13.8 Å². The zero-order chi connectivity index (χ0) is 17.8. The van der Waals surface area contributed by atoms with E-state index >= 15 is 0 Å². The van der Waals surface area contributed by atoms with Gasteiger partial charge in [0.1, 0.15) is 11.9 Å². The summed E-state index contributed by atoms with van der Waals surface area (Å²) in [4.78, 5) is 35.7. The molecule has 0 aliphatic rings. The van der Waals surface area contributed by atoms with E-state index < -0.39 is 32.6 Å². The van der Waals surface area contributed by atoms with E-state index in [1.54, 1.807) is 0 Å². The van der Waals surface area contributed by atoms with Gasteiger partial charge in [-0.05, 0) is 13.8 Å². The molecule has 1 heterocycles. The lowest BCUT2D eigenvalue weighted by Gasteiger charge is -2.12. The zero-order valence-corrected chi connectivity index (χ0v) is 13.1. The number of carboxylic acid groups (broad SMARTS) is 1. The first-order valence-corrected chi connectivity index (χ1v) is 7.83. The van der Waals surface area contributed by atoms with Gasteiger partial charge in [0.25, 0.3) is 0 Å². The van der Waals surface area contributed by atoms with Crippen molar-refractivity contribution in [1.29, 1.82) is 0 Å². The Kier molecular flexibility index (Phi) is 6.34. The number of pyridine rings is 1. The van der Waals surface area contributed by atoms with Gasteiger partial charge < -0.3 is 20.0 Å². The molecule has 0 saturated heterocycles. The Balaban J connectivity index is 3.19. The van der Waals surface area contributed by atoms with Crippen LogP contribution in [0.3, 0.4) is 0 Å². The van der Waals surface area contributed by atoms with Crippen molar-refractivity contribution in [3.8, 4) is 5.75 Å². The van der Waals surface area contributed by atoms with Gasteiger partial charge in [-0.3, -0.25) is 14.5 Å². The molecular weight excluding hydrogens is 334 g/mol. The number of carboxylic acids is 1. The highest BCUT2D eigenvalue weighted by molar-refractivity contribution is 7.46. The van der Waals surface area contributed by atoms with Gasteiger partial charge in [-0.15, -0.1) is 0 Å². The minimum atomic E-state index is -4.76. The number of halogens is 1. The van der Waals surface area contributed by atoms with Gasteiger partial charge in [0.2, 0.25) is 0 Å². The fraction of sp³-hybridized carbons (Fsp3) is 0.417. The van der Waals surface area contributed by atoms with Crippen molar-refractivity contribution in [2.45, 2.75) is 32.7 Å². The number of aliphatic imine (C=N–C) groups is 1. The first-order valence-electron chi connectivity index (χ1n) is 6.30. The number of aryl methyl sites for hydroxylation is 1. The third kappa shape index (κ3) is 5.68. The largest absolute Gasteiger partial charge is 0.505 e. The quantitative estimate of drug-likeness (QED) is 0.419. The van der Waals surface area contributed by atoms with E-state index in [4.69, 9.17) is 14.9 Å². The van der Waals surface area contributed by atoms with Crippen LogP contribution in [0.1, 0.15) is 23.7 Å². The molecule has 0 spiro atoms. The summed E-state index contributed by atoms with van der Waals surface area (Å²) in [6.45, 7) is 1.87. The van der Waals surface area contributed by atoms with Crippen LogP contribution in [0.15, 0.2) is 11.2 Å². The molecule has 0 bridgehead atoms. The average molecular weight is 350 g/mol. The summed E-state index contributed by atoms with van der Waals surface area (Å²) in [5, 5.41) is 18.8. The average Bonchev–Trinajstić information content (AvgIpc) is 2.40. The molecule has 2 unspecified atom stereocenters. The lowest BCUT2D eigenvalue weighted by atomic mass is 10.1. The topological polar surface area (TPSA) is 150 Å². The van der Waals surface area contributed by atoms with Crippen LogP contribution in [0.5, 0.6) is 5.75 Å². The Hall–Kier alpha value is -1.87. The van der Waals surface area contributed by atoms with Crippen LogP contribution in [0, 0.1) is 6.92 Å². The van der Waals surface area contributed by atoms with Gasteiger partial charge in [0.15, 0.2) is 6.04 Å². The third-order valence-corrected chi connectivity index (χ3v) is 3.26. The summed E-state index contributed by atoms with van der Waals surface area (Å²) in [7, 11) is -4.76. The fourth-order valence-corrected chi connectivity index (χ4v) is 1.91. The van der Waals surface area contributed by atoms with E-state index in [0.29, 0.717) is 0 Å². The lowest BCUT2D eigenvalue weighted by Crippen LogP contribution is -2.27. The minimum absolute atomic E-state index is 0.0517. The third-order valence-electron chi connectivity index (χ3n) is 2.80. The van der Waals surface area contributed by atoms with Crippen LogP contribution in [0.2, 0.25) is 0 Å². The van der Waals surface area contributed by atoms with Crippen molar-refractivity contribution in [2.24, 2.45) is 4.99 Å². The second kappa shape index (κ2) is 7.60. The van der Waals surface area contributed by atoms with E-state index in [9.17, 15) is 18.9 Å². The molecule has 1 rings (SSSR count). The maximum absolute atomic E-state index is 13.2. The second-order valence-corrected chi connectivity index (χ2v) is 5.87. The minimum Gasteiger partial charge on any atom is -0.505 e. The van der Waals surface area contributed by atoms with Crippen molar-refractivity contribution < 1.29 is 38.3 Å². The molecule has 0 aromatic carbocycles. The van der Waals surface area contributed by atoms with Crippen LogP contribution in [-0.2, 0) is 20.5 Å². The first-order chi connectivity index (χ1) is 10.5. The van der Waals surface area contributed by atoms with Crippen molar-refractivity contribution in [1.82, 2.24) is 4.98 Å². The number of aliphatic carboxylic acids is 1. The van der Waals surface area contributed by atoms with Gasteiger partial charge in [-0.1, -0.05) is 0 Å². The van der Waals surface area contributed by atoms with E-state index in [0.717, 1.165) is 13.1 Å². The Bertz CT molecular complexity index is 659. The van der Waals surface area contributed by atoms with E-state index in [-0.39, 0.29) is 22.6 Å².